The number of amides is 1. The standard InChI is InChI=1S/C25H29N5O3.HI/c1-2-26-25(28-16-21-17-33-24(30-21)19-9-4-3-5-10-19)27-15-18-8-6-11-20(14-18)29-23(31)22-12-7-13-32-22;/h3-6,8-11,14,17,22H,2,7,12-13,15-16H2,1H3,(H,29,31)(H2,26,27,28);1H. The summed E-state index contributed by atoms with van der Waals surface area (Å²) < 4.78 is 11.0. The highest BCUT2D eigenvalue weighted by Crippen LogP contribution is 2.18. The Morgan fingerprint density at radius 3 is 2.76 bits per heavy atom. The number of aliphatic imine (C=N–C) groups is 1. The van der Waals surface area contributed by atoms with Gasteiger partial charge in [-0.1, -0.05) is 30.3 Å². The van der Waals surface area contributed by atoms with E-state index in [-0.39, 0.29) is 36.0 Å². The highest BCUT2D eigenvalue weighted by Gasteiger charge is 2.23. The number of rotatable bonds is 8. The first-order chi connectivity index (χ1) is 16.2. The van der Waals surface area contributed by atoms with Crippen molar-refractivity contribution in [2.75, 3.05) is 18.5 Å². The van der Waals surface area contributed by atoms with Gasteiger partial charge in [-0.25, -0.2) is 9.98 Å². The van der Waals surface area contributed by atoms with Crippen LogP contribution in [0.3, 0.4) is 0 Å². The summed E-state index contributed by atoms with van der Waals surface area (Å²) in [5, 5.41) is 9.46. The molecule has 0 aliphatic carbocycles. The predicted octanol–water partition coefficient (Wildman–Crippen LogP) is 4.33. The van der Waals surface area contributed by atoms with Gasteiger partial charge in [0.15, 0.2) is 5.96 Å². The average molecular weight is 575 g/mol. The van der Waals surface area contributed by atoms with E-state index in [2.05, 4.69) is 25.9 Å². The lowest BCUT2D eigenvalue weighted by Crippen LogP contribution is -2.36. The summed E-state index contributed by atoms with van der Waals surface area (Å²) in [7, 11) is 0. The van der Waals surface area contributed by atoms with Crippen molar-refractivity contribution in [3.63, 3.8) is 0 Å². The van der Waals surface area contributed by atoms with Crippen LogP contribution >= 0.6 is 24.0 Å². The predicted molar refractivity (Wildman–Crippen MR) is 143 cm³/mol. The summed E-state index contributed by atoms with van der Waals surface area (Å²) in [6, 6.07) is 17.5. The van der Waals surface area contributed by atoms with Crippen LogP contribution in [0, 0.1) is 0 Å². The molecule has 1 atom stereocenters. The second kappa shape index (κ2) is 13.1. The number of nitrogens with one attached hydrogen (secondary N) is 3. The van der Waals surface area contributed by atoms with Crippen molar-refractivity contribution in [1.29, 1.82) is 0 Å². The number of carbonyl (C=O) groups excluding carboxylic acids is 1. The second-order valence-electron chi connectivity index (χ2n) is 7.75. The number of ether oxygens (including phenoxy) is 1. The van der Waals surface area contributed by atoms with Gasteiger partial charge in [0.05, 0.1) is 18.8 Å². The summed E-state index contributed by atoms with van der Waals surface area (Å²) >= 11 is 0. The number of hydrogen-bond donors (Lipinski definition) is 3. The molecule has 1 amide bonds. The lowest BCUT2D eigenvalue weighted by molar-refractivity contribution is -0.124. The molecule has 4 rings (SSSR count). The van der Waals surface area contributed by atoms with Gasteiger partial charge < -0.3 is 25.1 Å². The first-order valence-electron chi connectivity index (χ1n) is 11.2. The van der Waals surface area contributed by atoms with Gasteiger partial charge in [0.25, 0.3) is 5.91 Å². The fourth-order valence-corrected chi connectivity index (χ4v) is 3.54. The molecule has 3 aromatic rings. The van der Waals surface area contributed by atoms with E-state index >= 15 is 0 Å². The Kier molecular flexibility index (Phi) is 9.89. The van der Waals surface area contributed by atoms with Crippen LogP contribution in [0.25, 0.3) is 11.5 Å². The zero-order valence-corrected chi connectivity index (χ0v) is 21.5. The van der Waals surface area contributed by atoms with Gasteiger partial charge in [-0.15, -0.1) is 24.0 Å². The number of benzene rings is 2. The molecule has 3 N–H and O–H groups in total. The first-order valence-corrected chi connectivity index (χ1v) is 11.2. The van der Waals surface area contributed by atoms with E-state index in [1.807, 2.05) is 61.5 Å². The van der Waals surface area contributed by atoms with Gasteiger partial charge >= 0.3 is 0 Å². The first kappa shape index (κ1) is 25.7. The van der Waals surface area contributed by atoms with Gasteiger partial charge in [0, 0.05) is 24.4 Å². The second-order valence-corrected chi connectivity index (χ2v) is 7.75. The quantitative estimate of drug-likeness (QED) is 0.210. The van der Waals surface area contributed by atoms with E-state index in [1.165, 1.54) is 0 Å². The molecule has 1 unspecified atom stereocenters. The third-order valence-corrected chi connectivity index (χ3v) is 5.19. The molecule has 2 heterocycles. The Morgan fingerprint density at radius 2 is 2.00 bits per heavy atom. The number of nitrogens with zero attached hydrogens (tertiary/aromatic N) is 2. The zero-order chi connectivity index (χ0) is 22.9. The number of oxazole rings is 1. The Hall–Kier alpha value is -2.92. The van der Waals surface area contributed by atoms with Crippen molar-refractivity contribution in [2.24, 2.45) is 4.99 Å². The number of aromatic nitrogens is 1. The molecule has 9 heteroatoms. The molecule has 0 radical (unpaired) electrons. The Bertz CT molecular complexity index is 1080. The van der Waals surface area contributed by atoms with Crippen molar-refractivity contribution < 1.29 is 13.9 Å². The largest absolute Gasteiger partial charge is 0.444 e. The van der Waals surface area contributed by atoms with Gasteiger partial charge in [-0.2, -0.15) is 0 Å². The molecule has 0 saturated carbocycles. The number of carbonyl (C=O) groups is 1. The van der Waals surface area contributed by atoms with Crippen LogP contribution in [-0.2, 0) is 22.6 Å². The van der Waals surface area contributed by atoms with Crippen molar-refractivity contribution in [3.05, 3.63) is 72.1 Å². The van der Waals surface area contributed by atoms with Gasteiger partial charge in [-0.3, -0.25) is 4.79 Å². The maximum atomic E-state index is 12.3. The molecule has 8 nitrogen and oxygen atoms in total. The fraction of sp³-hybridized carbons (Fsp3) is 0.320. The van der Waals surface area contributed by atoms with E-state index in [0.717, 1.165) is 41.9 Å². The third-order valence-electron chi connectivity index (χ3n) is 5.19. The molecule has 1 aromatic heterocycles. The van der Waals surface area contributed by atoms with Gasteiger partial charge in [-0.05, 0) is 49.6 Å². The molecular weight excluding hydrogens is 545 g/mol. The SMILES string of the molecule is CCNC(=NCc1cccc(NC(=O)C2CCCO2)c1)NCc1coc(-c2ccccc2)n1.I. The molecular formula is C25H30IN5O3. The number of hydrogen-bond acceptors (Lipinski definition) is 5. The smallest absolute Gasteiger partial charge is 0.253 e. The lowest BCUT2D eigenvalue weighted by atomic mass is 10.2. The molecule has 1 saturated heterocycles. The van der Waals surface area contributed by atoms with Crippen LogP contribution in [0.2, 0.25) is 0 Å². The number of halogens is 1. The van der Waals surface area contributed by atoms with Crippen molar-refractivity contribution in [1.82, 2.24) is 15.6 Å². The number of guanidine groups is 1. The van der Waals surface area contributed by atoms with Crippen LogP contribution in [-0.4, -0.2) is 36.1 Å². The molecule has 180 valence electrons. The minimum Gasteiger partial charge on any atom is -0.444 e. The van der Waals surface area contributed by atoms with Gasteiger partial charge in [0.2, 0.25) is 5.89 Å². The molecule has 1 fully saturated rings. The summed E-state index contributed by atoms with van der Waals surface area (Å²) in [5.41, 5.74) is 3.47. The zero-order valence-electron chi connectivity index (χ0n) is 19.1. The van der Waals surface area contributed by atoms with Crippen molar-refractivity contribution in [3.8, 4) is 11.5 Å². The van der Waals surface area contributed by atoms with Crippen LogP contribution in [0.4, 0.5) is 5.69 Å². The fourth-order valence-electron chi connectivity index (χ4n) is 3.54. The van der Waals surface area contributed by atoms with E-state index in [1.54, 1.807) is 6.26 Å². The molecule has 1 aliphatic heterocycles. The normalized spacial score (nSPS) is 15.4. The topological polar surface area (TPSA) is 101 Å². The summed E-state index contributed by atoms with van der Waals surface area (Å²) in [4.78, 5) is 21.5. The van der Waals surface area contributed by atoms with E-state index in [9.17, 15) is 4.79 Å². The van der Waals surface area contributed by atoms with Crippen LogP contribution in [0.15, 0.2) is 70.3 Å². The van der Waals surface area contributed by atoms with Crippen molar-refractivity contribution in [2.45, 2.75) is 39.0 Å². The molecule has 2 aromatic carbocycles. The molecule has 0 bridgehead atoms. The highest BCUT2D eigenvalue weighted by atomic mass is 127. The van der Waals surface area contributed by atoms with Crippen LogP contribution < -0.4 is 16.0 Å². The Balaban J connectivity index is 0.00000324. The monoisotopic (exact) mass is 575 g/mol. The van der Waals surface area contributed by atoms with Crippen LogP contribution in [0.5, 0.6) is 0 Å². The van der Waals surface area contributed by atoms with E-state index in [0.29, 0.717) is 31.5 Å². The average Bonchev–Trinajstić information content (AvgIpc) is 3.54. The maximum Gasteiger partial charge on any atom is 0.253 e. The van der Waals surface area contributed by atoms with E-state index in [4.69, 9.17) is 9.15 Å². The van der Waals surface area contributed by atoms with Gasteiger partial charge in [0.1, 0.15) is 12.4 Å². The summed E-state index contributed by atoms with van der Waals surface area (Å²) in [5.74, 6) is 1.18. The number of anilines is 1. The summed E-state index contributed by atoms with van der Waals surface area (Å²) in [6.07, 6.45) is 3.00. The van der Waals surface area contributed by atoms with Crippen molar-refractivity contribution >= 4 is 41.5 Å². The Morgan fingerprint density at radius 1 is 1.15 bits per heavy atom. The third kappa shape index (κ3) is 7.29. The minimum atomic E-state index is -0.352. The highest BCUT2D eigenvalue weighted by molar-refractivity contribution is 14.0. The molecule has 34 heavy (non-hydrogen) atoms. The summed E-state index contributed by atoms with van der Waals surface area (Å²) in [6.45, 7) is 4.35. The van der Waals surface area contributed by atoms with E-state index < -0.39 is 0 Å². The minimum absolute atomic E-state index is 0. The molecule has 0 spiro atoms. The van der Waals surface area contributed by atoms with Crippen LogP contribution in [0.1, 0.15) is 31.0 Å². The lowest BCUT2D eigenvalue weighted by Gasteiger charge is -2.12. The maximum absolute atomic E-state index is 12.3. The Labute approximate surface area is 216 Å². The molecule has 1 aliphatic rings.